The summed E-state index contributed by atoms with van der Waals surface area (Å²) in [6.45, 7) is 8.61. The number of phenols is 1. The van der Waals surface area contributed by atoms with Crippen molar-refractivity contribution in [2.75, 3.05) is 0 Å². The summed E-state index contributed by atoms with van der Waals surface area (Å²) >= 11 is 0. The van der Waals surface area contributed by atoms with Crippen LogP contribution in [0.3, 0.4) is 0 Å². The number of aromatic hydroxyl groups is 1. The summed E-state index contributed by atoms with van der Waals surface area (Å²) in [5, 5.41) is 20.9. The molecule has 2 fully saturated rings. The van der Waals surface area contributed by atoms with Gasteiger partial charge in [-0.25, -0.2) is 4.79 Å². The van der Waals surface area contributed by atoms with Crippen LogP contribution in [-0.4, -0.2) is 27.9 Å². The highest BCUT2D eigenvalue weighted by atomic mass is 16.5. The van der Waals surface area contributed by atoms with Gasteiger partial charge in [0.1, 0.15) is 11.9 Å². The summed E-state index contributed by atoms with van der Waals surface area (Å²) in [5.41, 5.74) is -0.352. The third-order valence-corrected chi connectivity index (χ3v) is 6.96. The van der Waals surface area contributed by atoms with Gasteiger partial charge in [0.2, 0.25) is 0 Å². The van der Waals surface area contributed by atoms with Gasteiger partial charge in [0.25, 0.3) is 0 Å². The Morgan fingerprint density at radius 1 is 1.19 bits per heavy atom. The zero-order chi connectivity index (χ0) is 19.1. The maximum atomic E-state index is 12.7. The quantitative estimate of drug-likeness (QED) is 0.777. The molecule has 144 valence electrons. The minimum Gasteiger partial charge on any atom is -0.508 e. The Morgan fingerprint density at radius 3 is 2.46 bits per heavy atom. The first-order valence-electron chi connectivity index (χ1n) is 9.88. The summed E-state index contributed by atoms with van der Waals surface area (Å²) in [4.78, 5) is 12.7. The SMILES string of the molecule is CC1CC[C@@]2(C)CC[C@@](O)(C(C)C)[C@@H]2[C@@H](OC(=O)c2ccc(O)cc2)C1. The number of hydrogen-bond acceptors (Lipinski definition) is 4. The summed E-state index contributed by atoms with van der Waals surface area (Å²) < 4.78 is 6.01. The van der Waals surface area contributed by atoms with Crippen LogP contribution in [-0.2, 0) is 4.74 Å². The molecule has 4 heteroatoms. The van der Waals surface area contributed by atoms with E-state index >= 15 is 0 Å². The molecule has 1 aromatic carbocycles. The molecule has 0 saturated heterocycles. The van der Waals surface area contributed by atoms with Crippen molar-refractivity contribution in [3.05, 3.63) is 29.8 Å². The van der Waals surface area contributed by atoms with Crippen molar-refractivity contribution in [1.29, 1.82) is 0 Å². The van der Waals surface area contributed by atoms with Crippen LogP contribution in [0.2, 0.25) is 0 Å². The Hall–Kier alpha value is -1.55. The van der Waals surface area contributed by atoms with Crippen LogP contribution < -0.4 is 0 Å². The number of ether oxygens (including phenoxy) is 1. The number of aliphatic hydroxyl groups is 1. The lowest BCUT2D eigenvalue weighted by molar-refractivity contribution is -0.114. The fourth-order valence-corrected chi connectivity index (χ4v) is 5.25. The molecule has 2 saturated carbocycles. The summed E-state index contributed by atoms with van der Waals surface area (Å²) in [6.07, 6.45) is 4.43. The van der Waals surface area contributed by atoms with Gasteiger partial charge in [-0.1, -0.05) is 34.1 Å². The normalized spacial score (nSPS) is 37.2. The van der Waals surface area contributed by atoms with Gasteiger partial charge < -0.3 is 14.9 Å². The van der Waals surface area contributed by atoms with Crippen molar-refractivity contribution in [2.24, 2.45) is 23.2 Å². The first kappa shape index (κ1) is 19.2. The van der Waals surface area contributed by atoms with Crippen molar-refractivity contribution in [2.45, 2.75) is 71.5 Å². The molecule has 5 atom stereocenters. The predicted molar refractivity (Wildman–Crippen MR) is 101 cm³/mol. The zero-order valence-corrected chi connectivity index (χ0v) is 16.4. The van der Waals surface area contributed by atoms with Gasteiger partial charge in [-0.3, -0.25) is 0 Å². The number of fused-ring (bicyclic) bond motifs is 1. The Bertz CT molecular complexity index is 653. The van der Waals surface area contributed by atoms with Crippen LogP contribution in [0, 0.1) is 23.2 Å². The number of benzene rings is 1. The van der Waals surface area contributed by atoms with E-state index in [2.05, 4.69) is 27.7 Å². The van der Waals surface area contributed by atoms with E-state index in [1.807, 2.05) is 0 Å². The third kappa shape index (κ3) is 3.36. The second kappa shape index (κ2) is 6.88. The number of carbonyl (C=O) groups is 1. The summed E-state index contributed by atoms with van der Waals surface area (Å²) in [5.74, 6) is 0.303. The van der Waals surface area contributed by atoms with E-state index in [4.69, 9.17) is 4.74 Å². The molecular weight excluding hydrogens is 328 g/mol. The molecule has 0 aromatic heterocycles. The number of phenolic OH excluding ortho intramolecular Hbond substituents is 1. The van der Waals surface area contributed by atoms with Crippen molar-refractivity contribution in [1.82, 2.24) is 0 Å². The molecule has 0 spiro atoms. The van der Waals surface area contributed by atoms with Crippen molar-refractivity contribution >= 4 is 5.97 Å². The van der Waals surface area contributed by atoms with E-state index in [9.17, 15) is 15.0 Å². The topological polar surface area (TPSA) is 66.8 Å². The van der Waals surface area contributed by atoms with Crippen LogP contribution >= 0.6 is 0 Å². The Morgan fingerprint density at radius 2 is 1.85 bits per heavy atom. The van der Waals surface area contributed by atoms with E-state index in [0.29, 0.717) is 11.5 Å². The Kier molecular flexibility index (Phi) is 5.08. The minimum atomic E-state index is -0.793. The summed E-state index contributed by atoms with van der Waals surface area (Å²) in [6, 6.07) is 6.16. The van der Waals surface area contributed by atoms with Crippen molar-refractivity contribution < 1.29 is 19.7 Å². The smallest absolute Gasteiger partial charge is 0.338 e. The maximum Gasteiger partial charge on any atom is 0.338 e. The molecule has 2 aliphatic rings. The van der Waals surface area contributed by atoms with Crippen molar-refractivity contribution in [3.8, 4) is 5.75 Å². The number of hydrogen-bond donors (Lipinski definition) is 2. The van der Waals surface area contributed by atoms with Crippen LogP contribution in [0.25, 0.3) is 0 Å². The summed E-state index contributed by atoms with van der Waals surface area (Å²) in [7, 11) is 0. The van der Waals surface area contributed by atoms with Crippen LogP contribution in [0.1, 0.15) is 70.2 Å². The standard InChI is InChI=1S/C22H32O4/c1-14(2)22(25)12-11-21(4)10-9-15(3)13-18(19(21)22)26-20(24)16-5-7-17(23)8-6-16/h5-8,14-15,18-19,23,25H,9-13H2,1-4H3/t15?,18-,19+,21-,22+/m0/s1. The van der Waals surface area contributed by atoms with E-state index < -0.39 is 5.60 Å². The molecular formula is C22H32O4. The molecule has 1 unspecified atom stereocenters. The maximum absolute atomic E-state index is 12.7. The second-order valence-corrected chi connectivity index (χ2v) is 9.15. The van der Waals surface area contributed by atoms with E-state index in [-0.39, 0.29) is 35.1 Å². The van der Waals surface area contributed by atoms with E-state index in [1.165, 1.54) is 12.1 Å². The van der Waals surface area contributed by atoms with Crippen LogP contribution in [0.4, 0.5) is 0 Å². The van der Waals surface area contributed by atoms with Crippen LogP contribution in [0.5, 0.6) is 5.75 Å². The first-order valence-corrected chi connectivity index (χ1v) is 9.88. The lowest BCUT2D eigenvalue weighted by Crippen LogP contribution is -2.50. The first-order chi connectivity index (χ1) is 12.2. The number of rotatable bonds is 3. The molecule has 26 heavy (non-hydrogen) atoms. The van der Waals surface area contributed by atoms with Gasteiger partial charge in [-0.05, 0) is 67.2 Å². The van der Waals surface area contributed by atoms with E-state index in [1.54, 1.807) is 12.1 Å². The van der Waals surface area contributed by atoms with Gasteiger partial charge in [0.15, 0.2) is 0 Å². The fourth-order valence-electron chi connectivity index (χ4n) is 5.25. The molecule has 2 N–H and O–H groups in total. The molecule has 2 aliphatic carbocycles. The fraction of sp³-hybridized carbons (Fsp3) is 0.682. The highest BCUT2D eigenvalue weighted by Gasteiger charge is 2.59. The Labute approximate surface area is 156 Å². The van der Waals surface area contributed by atoms with Gasteiger partial charge in [-0.2, -0.15) is 0 Å². The largest absolute Gasteiger partial charge is 0.508 e. The molecule has 0 aliphatic heterocycles. The van der Waals surface area contributed by atoms with Gasteiger partial charge in [0.05, 0.1) is 11.2 Å². The third-order valence-electron chi connectivity index (χ3n) is 6.96. The highest BCUT2D eigenvalue weighted by Crippen LogP contribution is 2.59. The molecule has 4 nitrogen and oxygen atoms in total. The van der Waals surface area contributed by atoms with Gasteiger partial charge in [-0.15, -0.1) is 0 Å². The second-order valence-electron chi connectivity index (χ2n) is 9.15. The van der Waals surface area contributed by atoms with E-state index in [0.717, 1.165) is 32.1 Å². The predicted octanol–water partition coefficient (Wildman–Crippen LogP) is 4.54. The average molecular weight is 360 g/mol. The average Bonchev–Trinajstić information content (AvgIpc) is 2.78. The number of carbonyl (C=O) groups excluding carboxylic acids is 1. The molecule has 1 aromatic rings. The zero-order valence-electron chi connectivity index (χ0n) is 16.4. The lowest BCUT2D eigenvalue weighted by atomic mass is 9.68. The Balaban J connectivity index is 1.91. The molecule has 0 heterocycles. The number of esters is 1. The van der Waals surface area contributed by atoms with Gasteiger partial charge in [0, 0.05) is 5.92 Å². The van der Waals surface area contributed by atoms with Crippen LogP contribution in [0.15, 0.2) is 24.3 Å². The molecule has 3 rings (SSSR count). The van der Waals surface area contributed by atoms with Crippen molar-refractivity contribution in [3.63, 3.8) is 0 Å². The molecule has 0 bridgehead atoms. The lowest BCUT2D eigenvalue weighted by Gasteiger charge is -2.43. The molecule has 0 radical (unpaired) electrons. The molecule has 0 amide bonds. The monoisotopic (exact) mass is 360 g/mol. The van der Waals surface area contributed by atoms with Gasteiger partial charge >= 0.3 is 5.97 Å². The highest BCUT2D eigenvalue weighted by molar-refractivity contribution is 5.89. The minimum absolute atomic E-state index is 0.00365.